The number of Topliss-reactive ketones (excluding diaryl/α,β-unsaturated/α-hetero) is 1. The number of ketones is 1. The summed E-state index contributed by atoms with van der Waals surface area (Å²) in [5.74, 6) is -1.83. The van der Waals surface area contributed by atoms with Gasteiger partial charge in [-0.1, -0.05) is 0 Å². The zero-order chi connectivity index (χ0) is 24.0. The number of benzene rings is 2. The van der Waals surface area contributed by atoms with E-state index < -0.39 is 17.5 Å². The molecule has 1 aromatic heterocycles. The van der Waals surface area contributed by atoms with Gasteiger partial charge in [-0.3, -0.25) is 14.9 Å². The lowest BCUT2D eigenvalue weighted by atomic mass is 10.1. The largest absolute Gasteiger partial charge is 0.493 e. The van der Waals surface area contributed by atoms with Crippen LogP contribution in [0.25, 0.3) is 11.0 Å². The smallest absolute Gasteiger partial charge is 0.227 e. The molecule has 0 aliphatic carbocycles. The van der Waals surface area contributed by atoms with Gasteiger partial charge < -0.3 is 18.8 Å². The third-order valence-electron chi connectivity index (χ3n) is 4.93. The molecule has 3 aromatic rings. The summed E-state index contributed by atoms with van der Waals surface area (Å²) >= 11 is 0. The average Bonchev–Trinajstić information content (AvgIpc) is 3.16. The lowest BCUT2D eigenvalue weighted by molar-refractivity contribution is -0.116. The number of nitrogens with one attached hydrogen (secondary N) is 1. The van der Waals surface area contributed by atoms with Crippen molar-refractivity contribution in [1.29, 1.82) is 0 Å². The van der Waals surface area contributed by atoms with E-state index in [0.717, 1.165) is 6.07 Å². The van der Waals surface area contributed by atoms with E-state index in [-0.39, 0.29) is 48.8 Å². The van der Waals surface area contributed by atoms with Gasteiger partial charge in [-0.15, -0.1) is 0 Å². The Morgan fingerprint density at radius 2 is 1.88 bits per heavy atom. The fourth-order valence-electron chi connectivity index (χ4n) is 3.33. The van der Waals surface area contributed by atoms with E-state index in [0.29, 0.717) is 23.7 Å². The van der Waals surface area contributed by atoms with E-state index in [1.165, 1.54) is 24.9 Å². The van der Waals surface area contributed by atoms with Gasteiger partial charge in [0.2, 0.25) is 11.9 Å². The summed E-state index contributed by atoms with van der Waals surface area (Å²) in [4.78, 5) is 29.3. The van der Waals surface area contributed by atoms with E-state index in [9.17, 15) is 18.4 Å². The number of hydrogen-bond donors (Lipinski definition) is 1. The number of rotatable bonds is 11. The van der Waals surface area contributed by atoms with Crippen LogP contribution in [0, 0.1) is 11.6 Å². The van der Waals surface area contributed by atoms with Crippen LogP contribution in [0.3, 0.4) is 0 Å². The molecule has 0 aliphatic heterocycles. The van der Waals surface area contributed by atoms with Crippen molar-refractivity contribution in [3.63, 3.8) is 0 Å². The number of anilines is 1. The van der Waals surface area contributed by atoms with Crippen molar-refractivity contribution in [3.05, 3.63) is 47.5 Å². The number of nitrogens with zero attached hydrogens (tertiary/aromatic N) is 2. The third-order valence-corrected chi connectivity index (χ3v) is 4.93. The number of amides is 1. The van der Waals surface area contributed by atoms with Crippen molar-refractivity contribution in [2.24, 2.45) is 0 Å². The third kappa shape index (κ3) is 5.46. The monoisotopic (exact) mass is 461 g/mol. The molecule has 1 N–H and O–H groups in total. The standard InChI is InChI=1S/C23H25F2N3O5/c1-4-33-18-9-5-14(13-19(18)32-3)17(29)8-10-20(30)27-23-26-16-7-6-15(24)21(25)22(16)28(23)11-12-31-2/h5-7,9,13H,4,8,10-12H2,1-3H3,(H,26,27,30). The molecule has 0 fully saturated rings. The van der Waals surface area contributed by atoms with Crippen LogP contribution in [0.1, 0.15) is 30.1 Å². The minimum atomic E-state index is -1.06. The summed E-state index contributed by atoms with van der Waals surface area (Å²) in [6.07, 6.45) is -0.192. The van der Waals surface area contributed by atoms with Gasteiger partial charge in [-0.05, 0) is 37.3 Å². The Labute approximate surface area is 189 Å². The highest BCUT2D eigenvalue weighted by Gasteiger charge is 2.19. The second-order valence-electron chi connectivity index (χ2n) is 7.08. The highest BCUT2D eigenvalue weighted by Crippen LogP contribution is 2.29. The molecule has 1 amide bonds. The number of halogens is 2. The number of hydrogen-bond acceptors (Lipinski definition) is 6. The summed E-state index contributed by atoms with van der Waals surface area (Å²) in [5.41, 5.74) is 0.505. The van der Waals surface area contributed by atoms with Gasteiger partial charge in [0.1, 0.15) is 5.52 Å². The number of ether oxygens (including phenoxy) is 3. The fourth-order valence-corrected chi connectivity index (χ4v) is 3.33. The van der Waals surface area contributed by atoms with E-state index in [4.69, 9.17) is 14.2 Å². The van der Waals surface area contributed by atoms with Crippen LogP contribution in [0.4, 0.5) is 14.7 Å². The summed E-state index contributed by atoms with van der Waals surface area (Å²) in [5, 5.41) is 2.58. The Hall–Kier alpha value is -3.53. The lowest BCUT2D eigenvalue weighted by Crippen LogP contribution is -2.18. The van der Waals surface area contributed by atoms with Gasteiger partial charge in [-0.25, -0.2) is 13.8 Å². The van der Waals surface area contributed by atoms with E-state index in [1.807, 2.05) is 6.92 Å². The molecule has 2 aromatic carbocycles. The van der Waals surface area contributed by atoms with Crippen LogP contribution in [0.15, 0.2) is 30.3 Å². The molecule has 0 saturated heterocycles. The molecule has 0 unspecified atom stereocenters. The van der Waals surface area contributed by atoms with Crippen LogP contribution in [-0.2, 0) is 16.1 Å². The Kier molecular flexibility index (Phi) is 7.94. The molecule has 0 radical (unpaired) electrons. The highest BCUT2D eigenvalue weighted by molar-refractivity contribution is 6.00. The van der Waals surface area contributed by atoms with Crippen molar-refractivity contribution in [1.82, 2.24) is 9.55 Å². The first kappa shape index (κ1) is 24.1. The summed E-state index contributed by atoms with van der Waals surface area (Å²) in [6.45, 7) is 2.64. The predicted octanol–water partition coefficient (Wildman–Crippen LogP) is 3.97. The maximum atomic E-state index is 14.4. The Morgan fingerprint density at radius 1 is 1.09 bits per heavy atom. The average molecular weight is 461 g/mol. The molecule has 3 rings (SSSR count). The molecule has 0 atom stereocenters. The first-order valence-electron chi connectivity index (χ1n) is 10.4. The molecular weight excluding hydrogens is 436 g/mol. The Bertz CT molecular complexity index is 1160. The number of aromatic nitrogens is 2. The first-order chi connectivity index (χ1) is 15.9. The Morgan fingerprint density at radius 3 is 2.58 bits per heavy atom. The van der Waals surface area contributed by atoms with Crippen LogP contribution < -0.4 is 14.8 Å². The summed E-state index contributed by atoms with van der Waals surface area (Å²) in [7, 11) is 2.94. The van der Waals surface area contributed by atoms with Gasteiger partial charge in [-0.2, -0.15) is 0 Å². The molecule has 0 saturated carbocycles. The first-order valence-corrected chi connectivity index (χ1v) is 10.4. The maximum Gasteiger partial charge on any atom is 0.227 e. The fraction of sp³-hybridized carbons (Fsp3) is 0.348. The molecular formula is C23H25F2N3O5. The molecule has 8 nitrogen and oxygen atoms in total. The van der Waals surface area contributed by atoms with Crippen LogP contribution in [0.2, 0.25) is 0 Å². The molecule has 176 valence electrons. The van der Waals surface area contributed by atoms with E-state index >= 15 is 0 Å². The van der Waals surface area contributed by atoms with Crippen LogP contribution >= 0.6 is 0 Å². The van der Waals surface area contributed by atoms with E-state index in [2.05, 4.69) is 10.3 Å². The summed E-state index contributed by atoms with van der Waals surface area (Å²) < 4.78 is 45.1. The molecule has 0 bridgehead atoms. The van der Waals surface area contributed by atoms with Gasteiger partial charge >= 0.3 is 0 Å². The minimum Gasteiger partial charge on any atom is -0.493 e. The minimum absolute atomic E-state index is 0.0479. The van der Waals surface area contributed by atoms with Crippen LogP contribution in [-0.4, -0.2) is 48.7 Å². The number of methoxy groups -OCH3 is 2. The topological polar surface area (TPSA) is 91.7 Å². The van der Waals surface area contributed by atoms with Crippen molar-refractivity contribution < 1.29 is 32.6 Å². The van der Waals surface area contributed by atoms with Gasteiger partial charge in [0.05, 0.1) is 25.8 Å². The number of fused-ring (bicyclic) bond motifs is 1. The molecule has 0 aliphatic rings. The Balaban J connectivity index is 1.72. The number of imidazole rings is 1. The van der Waals surface area contributed by atoms with Crippen molar-refractivity contribution in [2.75, 3.05) is 32.8 Å². The van der Waals surface area contributed by atoms with Gasteiger partial charge in [0.15, 0.2) is 28.9 Å². The van der Waals surface area contributed by atoms with Crippen molar-refractivity contribution in [2.45, 2.75) is 26.3 Å². The summed E-state index contributed by atoms with van der Waals surface area (Å²) in [6, 6.07) is 7.11. The maximum absolute atomic E-state index is 14.4. The normalized spacial score (nSPS) is 10.9. The van der Waals surface area contributed by atoms with E-state index in [1.54, 1.807) is 18.2 Å². The highest BCUT2D eigenvalue weighted by atomic mass is 19.2. The lowest BCUT2D eigenvalue weighted by Gasteiger charge is -2.11. The zero-order valence-electron chi connectivity index (χ0n) is 18.6. The molecule has 10 heteroatoms. The molecule has 33 heavy (non-hydrogen) atoms. The second kappa shape index (κ2) is 10.9. The zero-order valence-corrected chi connectivity index (χ0v) is 18.6. The number of carbonyl (C=O) groups is 2. The van der Waals surface area contributed by atoms with Crippen LogP contribution in [0.5, 0.6) is 11.5 Å². The quantitative estimate of drug-likeness (QED) is 0.435. The second-order valence-corrected chi connectivity index (χ2v) is 7.08. The SMILES string of the molecule is CCOc1ccc(C(=O)CCC(=O)Nc2nc3ccc(F)c(F)c3n2CCOC)cc1OC. The van der Waals surface area contributed by atoms with Gasteiger partial charge in [0.25, 0.3) is 0 Å². The molecule has 0 spiro atoms. The van der Waals surface area contributed by atoms with Crippen molar-refractivity contribution >= 4 is 28.7 Å². The molecule has 1 heterocycles. The number of carbonyl (C=O) groups excluding carboxylic acids is 2. The van der Waals surface area contributed by atoms with Crippen molar-refractivity contribution in [3.8, 4) is 11.5 Å². The van der Waals surface area contributed by atoms with Gasteiger partial charge in [0, 0.05) is 32.1 Å². The predicted molar refractivity (Wildman–Crippen MR) is 118 cm³/mol.